The fraction of sp³-hybridized carbons (Fsp3) is 0. The van der Waals surface area contributed by atoms with Crippen LogP contribution in [0.5, 0.6) is 0 Å². The van der Waals surface area contributed by atoms with Crippen molar-refractivity contribution in [2.75, 3.05) is 0 Å². The van der Waals surface area contributed by atoms with E-state index in [2.05, 4.69) is 20.1 Å². The molecular weight excluding hydrogens is 310 g/mol. The summed E-state index contributed by atoms with van der Waals surface area (Å²) in [6.07, 6.45) is 0. The van der Waals surface area contributed by atoms with Gasteiger partial charge in [-0.05, 0) is 11.1 Å². The van der Waals surface area contributed by atoms with Crippen molar-refractivity contribution < 1.29 is 27.4 Å². The molecule has 14 heteroatoms. The minimum atomic E-state index is -5.30. The van der Waals surface area contributed by atoms with Crippen molar-refractivity contribution in [3.05, 3.63) is 42.8 Å². The molecule has 0 aromatic rings. The SMILES string of the molecule is [N-]=[N+]=NC1=C(C(N)=O)C(=O)C(=O)C(S(=O)(=O)O)=C1N=[N+]=[N-]. The number of Topliss-reactive ketones (excluding diaryl/α,β-unsaturated/α-hetero) is 2. The van der Waals surface area contributed by atoms with Crippen LogP contribution >= 0.6 is 0 Å². The lowest BCUT2D eigenvalue weighted by molar-refractivity contribution is -0.133. The maximum Gasteiger partial charge on any atom is 0.299 e. The van der Waals surface area contributed by atoms with Gasteiger partial charge in [-0.2, -0.15) is 8.42 Å². The lowest BCUT2D eigenvalue weighted by atomic mass is 9.97. The van der Waals surface area contributed by atoms with Crippen molar-refractivity contribution in [2.45, 2.75) is 0 Å². The van der Waals surface area contributed by atoms with Gasteiger partial charge in [-0.3, -0.25) is 18.9 Å². The molecule has 1 aliphatic carbocycles. The average Bonchev–Trinajstić information content (AvgIpc) is 2.34. The molecule has 1 aliphatic rings. The minimum absolute atomic E-state index is 1.07. The first kappa shape index (κ1) is 15.9. The van der Waals surface area contributed by atoms with Crippen LogP contribution in [0, 0.1) is 0 Å². The number of carbonyl (C=O) groups is 3. The van der Waals surface area contributed by atoms with E-state index in [0.29, 0.717) is 0 Å². The lowest BCUT2D eigenvalue weighted by Gasteiger charge is -2.16. The number of hydrogen-bond donors (Lipinski definition) is 2. The highest BCUT2D eigenvalue weighted by Gasteiger charge is 2.41. The van der Waals surface area contributed by atoms with Crippen molar-refractivity contribution in [1.82, 2.24) is 0 Å². The Hall–Kier alpha value is -3.18. The molecule has 0 bridgehead atoms. The van der Waals surface area contributed by atoms with Gasteiger partial charge in [-0.25, -0.2) is 0 Å². The summed E-state index contributed by atoms with van der Waals surface area (Å²) in [5.74, 6) is -5.10. The zero-order chi connectivity index (χ0) is 16.4. The first-order valence-corrected chi connectivity index (χ1v) is 6.06. The third-order valence-corrected chi connectivity index (χ3v) is 3.00. The second-order valence-corrected chi connectivity index (χ2v) is 4.64. The van der Waals surface area contributed by atoms with Crippen LogP contribution in [0.25, 0.3) is 20.9 Å². The largest absolute Gasteiger partial charge is 0.365 e. The highest BCUT2D eigenvalue weighted by Crippen LogP contribution is 2.31. The molecule has 21 heavy (non-hydrogen) atoms. The van der Waals surface area contributed by atoms with Crippen molar-refractivity contribution in [3.63, 3.8) is 0 Å². The third kappa shape index (κ3) is 2.72. The molecule has 0 radical (unpaired) electrons. The van der Waals surface area contributed by atoms with Crippen LogP contribution in [0.4, 0.5) is 0 Å². The predicted molar refractivity (Wildman–Crippen MR) is 63.1 cm³/mol. The van der Waals surface area contributed by atoms with Crippen molar-refractivity contribution in [3.8, 4) is 0 Å². The number of rotatable bonds is 4. The molecule has 0 spiro atoms. The van der Waals surface area contributed by atoms with Gasteiger partial charge in [0.2, 0.25) is 11.6 Å². The number of nitrogens with two attached hydrogens (primary N) is 1. The molecular formula is C7H3N7O6S. The van der Waals surface area contributed by atoms with Crippen molar-refractivity contribution in [1.29, 1.82) is 0 Å². The smallest absolute Gasteiger partial charge is 0.299 e. The van der Waals surface area contributed by atoms with Gasteiger partial charge < -0.3 is 5.73 Å². The summed E-state index contributed by atoms with van der Waals surface area (Å²) in [4.78, 5) is 37.1. The Bertz CT molecular complexity index is 837. The molecule has 0 saturated heterocycles. The van der Waals surface area contributed by atoms with Crippen LogP contribution in [0.1, 0.15) is 0 Å². The molecule has 0 saturated carbocycles. The number of allylic oxidation sites excluding steroid dienone is 1. The summed E-state index contributed by atoms with van der Waals surface area (Å²) in [5, 5.41) is 5.59. The Labute approximate surface area is 114 Å². The van der Waals surface area contributed by atoms with E-state index in [9.17, 15) is 22.8 Å². The quantitative estimate of drug-likeness (QED) is 0.133. The molecule has 0 fully saturated rings. The third-order valence-electron chi connectivity index (χ3n) is 2.11. The summed E-state index contributed by atoms with van der Waals surface area (Å²) in [6.45, 7) is 0. The van der Waals surface area contributed by atoms with Gasteiger partial charge in [-0.1, -0.05) is 10.2 Å². The first-order chi connectivity index (χ1) is 9.66. The van der Waals surface area contributed by atoms with Gasteiger partial charge in [0, 0.05) is 9.82 Å². The number of carbonyl (C=O) groups excluding carboxylic acids is 3. The topological polar surface area (TPSA) is 229 Å². The van der Waals surface area contributed by atoms with Crippen LogP contribution in [0.2, 0.25) is 0 Å². The van der Waals surface area contributed by atoms with Gasteiger partial charge in [0.1, 0.15) is 5.57 Å². The lowest BCUT2D eigenvalue weighted by Crippen LogP contribution is -2.34. The highest BCUT2D eigenvalue weighted by atomic mass is 32.2. The van der Waals surface area contributed by atoms with Crippen molar-refractivity contribution >= 4 is 27.6 Å². The zero-order valence-electron chi connectivity index (χ0n) is 9.66. The van der Waals surface area contributed by atoms with Gasteiger partial charge in [-0.15, -0.1) is 0 Å². The van der Waals surface area contributed by atoms with E-state index in [-0.39, 0.29) is 0 Å². The molecule has 108 valence electrons. The Kier molecular flexibility index (Phi) is 4.11. The molecule has 3 N–H and O–H groups in total. The van der Waals surface area contributed by atoms with Crippen LogP contribution in [-0.4, -0.2) is 30.4 Å². The second-order valence-electron chi connectivity index (χ2n) is 3.28. The maximum absolute atomic E-state index is 11.6. The summed E-state index contributed by atoms with van der Waals surface area (Å²) in [6, 6.07) is 0. The number of amides is 1. The fourth-order valence-corrected chi connectivity index (χ4v) is 2.11. The molecule has 13 nitrogen and oxygen atoms in total. The van der Waals surface area contributed by atoms with E-state index < -0.39 is 49.5 Å². The molecule has 0 aromatic carbocycles. The fourth-order valence-electron chi connectivity index (χ4n) is 1.41. The zero-order valence-corrected chi connectivity index (χ0v) is 10.5. The van der Waals surface area contributed by atoms with E-state index in [1.165, 1.54) is 0 Å². The van der Waals surface area contributed by atoms with Gasteiger partial charge >= 0.3 is 0 Å². The molecule has 0 unspecified atom stereocenters. The first-order valence-electron chi connectivity index (χ1n) is 4.62. The molecule has 1 rings (SSSR count). The minimum Gasteiger partial charge on any atom is -0.365 e. The Balaban J connectivity index is 4.10. The Morgan fingerprint density at radius 2 is 1.57 bits per heavy atom. The molecule has 0 aliphatic heterocycles. The number of nitrogens with zero attached hydrogens (tertiary/aromatic N) is 6. The predicted octanol–water partition coefficient (Wildman–Crippen LogP) is -0.402. The van der Waals surface area contributed by atoms with E-state index in [1.54, 1.807) is 0 Å². The second kappa shape index (κ2) is 5.44. The van der Waals surface area contributed by atoms with Crippen molar-refractivity contribution in [2.24, 2.45) is 16.0 Å². The van der Waals surface area contributed by atoms with Gasteiger partial charge in [0.05, 0.1) is 11.4 Å². The monoisotopic (exact) mass is 313 g/mol. The van der Waals surface area contributed by atoms with Gasteiger partial charge in [0.25, 0.3) is 16.0 Å². The number of hydrogen-bond acceptors (Lipinski definition) is 7. The molecule has 0 heterocycles. The van der Waals surface area contributed by atoms with Gasteiger partial charge in [0.15, 0.2) is 4.91 Å². The number of primary amides is 1. The standard InChI is InChI=1S/C7H3N7O6S/c8-7(17)1-2(11-13-9)3(12-14-10)6(21(18,19)20)5(16)4(1)15/h(H2,8,17)(H,18,19,20). The van der Waals surface area contributed by atoms with E-state index in [4.69, 9.17) is 21.3 Å². The van der Waals surface area contributed by atoms with Crippen LogP contribution < -0.4 is 5.73 Å². The summed E-state index contributed by atoms with van der Waals surface area (Å²) < 4.78 is 31.2. The van der Waals surface area contributed by atoms with Crippen LogP contribution in [0.15, 0.2) is 32.1 Å². The Morgan fingerprint density at radius 1 is 1.10 bits per heavy atom. The van der Waals surface area contributed by atoms with E-state index in [0.717, 1.165) is 0 Å². The normalized spacial score (nSPS) is 15.5. The van der Waals surface area contributed by atoms with E-state index >= 15 is 0 Å². The molecule has 0 aromatic heterocycles. The van der Waals surface area contributed by atoms with Crippen LogP contribution in [0.3, 0.4) is 0 Å². The summed E-state index contributed by atoms with van der Waals surface area (Å²) >= 11 is 0. The van der Waals surface area contributed by atoms with Crippen LogP contribution in [-0.2, 0) is 24.5 Å². The molecule has 0 atom stereocenters. The molecule has 1 amide bonds. The summed E-state index contributed by atoms with van der Waals surface area (Å²) in [7, 11) is -5.30. The highest BCUT2D eigenvalue weighted by molar-refractivity contribution is 7.91. The average molecular weight is 313 g/mol. The number of azide groups is 2. The van der Waals surface area contributed by atoms with E-state index in [1.807, 2.05) is 0 Å². The Morgan fingerprint density at radius 3 is 1.95 bits per heavy atom. The maximum atomic E-state index is 11.6. The summed E-state index contributed by atoms with van der Waals surface area (Å²) in [5.41, 5.74) is 18.1. The number of ketones is 2.